The summed E-state index contributed by atoms with van der Waals surface area (Å²) in [6.07, 6.45) is 2.34. The maximum absolute atomic E-state index is 10.5. The first-order valence-electron chi connectivity index (χ1n) is 4.43. The van der Waals surface area contributed by atoms with E-state index in [4.69, 9.17) is 9.47 Å². The molecule has 1 aliphatic rings. The predicted molar refractivity (Wildman–Crippen MR) is 44.8 cm³/mol. The lowest BCUT2D eigenvalue weighted by atomic mass is 9.97. The third-order valence-corrected chi connectivity index (χ3v) is 2.12. The van der Waals surface area contributed by atoms with Crippen LogP contribution in [0.4, 0.5) is 0 Å². The third-order valence-electron chi connectivity index (χ3n) is 2.12. The van der Waals surface area contributed by atoms with E-state index in [1.807, 2.05) is 0 Å². The molecular weight excluding hydrogens is 156 g/mol. The number of carbonyl (C=O) groups excluding carboxylic acids is 1. The minimum absolute atomic E-state index is 0.186. The number of hydrogen-bond acceptors (Lipinski definition) is 3. The van der Waals surface area contributed by atoms with Crippen LogP contribution in [-0.4, -0.2) is 25.3 Å². The van der Waals surface area contributed by atoms with E-state index < -0.39 is 0 Å². The van der Waals surface area contributed by atoms with Crippen LogP contribution in [0.2, 0.25) is 0 Å². The molecule has 70 valence electrons. The van der Waals surface area contributed by atoms with Gasteiger partial charge in [-0.25, -0.2) is 0 Å². The molecule has 3 heteroatoms. The molecule has 0 aromatic carbocycles. The summed E-state index contributed by atoms with van der Waals surface area (Å²) >= 11 is 0. The van der Waals surface area contributed by atoms with Crippen LogP contribution in [0.25, 0.3) is 0 Å². The second-order valence-electron chi connectivity index (χ2n) is 3.37. The number of esters is 1. The minimum atomic E-state index is -0.186. The predicted octanol–water partition coefficient (Wildman–Crippen LogP) is 1.36. The average Bonchev–Trinajstić information content (AvgIpc) is 2.01. The Morgan fingerprint density at radius 1 is 1.67 bits per heavy atom. The van der Waals surface area contributed by atoms with Gasteiger partial charge < -0.3 is 9.47 Å². The Morgan fingerprint density at radius 3 is 3.00 bits per heavy atom. The summed E-state index contributed by atoms with van der Waals surface area (Å²) in [5.74, 6) is 0.312. The second kappa shape index (κ2) is 4.45. The van der Waals surface area contributed by atoms with E-state index in [1.54, 1.807) is 0 Å². The molecule has 1 rings (SSSR count). The molecule has 0 radical (unpaired) electrons. The van der Waals surface area contributed by atoms with Crippen LogP contribution in [0.1, 0.15) is 26.7 Å². The molecule has 1 heterocycles. The van der Waals surface area contributed by atoms with Gasteiger partial charge in [0.15, 0.2) is 0 Å². The third kappa shape index (κ3) is 3.22. The molecule has 1 fully saturated rings. The van der Waals surface area contributed by atoms with Crippen molar-refractivity contribution in [2.45, 2.75) is 32.8 Å². The van der Waals surface area contributed by atoms with Crippen LogP contribution < -0.4 is 0 Å². The molecule has 0 N–H and O–H groups in total. The Balaban J connectivity index is 2.18. The first kappa shape index (κ1) is 9.52. The topological polar surface area (TPSA) is 35.5 Å². The molecule has 0 bridgehead atoms. The summed E-state index contributed by atoms with van der Waals surface area (Å²) in [6, 6.07) is 0. The van der Waals surface area contributed by atoms with Gasteiger partial charge in [-0.05, 0) is 25.7 Å². The van der Waals surface area contributed by atoms with Gasteiger partial charge in [0.2, 0.25) is 0 Å². The zero-order valence-corrected chi connectivity index (χ0v) is 7.71. The van der Waals surface area contributed by atoms with Crippen LogP contribution >= 0.6 is 0 Å². The summed E-state index contributed by atoms with van der Waals surface area (Å²) in [4.78, 5) is 10.5. The van der Waals surface area contributed by atoms with Crippen molar-refractivity contribution in [2.75, 3.05) is 13.2 Å². The maximum atomic E-state index is 10.5. The fourth-order valence-electron chi connectivity index (χ4n) is 1.48. The molecule has 0 aromatic heterocycles. The zero-order valence-electron chi connectivity index (χ0n) is 7.71. The SMILES string of the molecule is CC(=O)OCC1CCOC(C)C1. The zero-order chi connectivity index (χ0) is 8.97. The van der Waals surface area contributed by atoms with Crippen molar-refractivity contribution < 1.29 is 14.3 Å². The Labute approximate surface area is 73.0 Å². The molecule has 0 amide bonds. The fourth-order valence-corrected chi connectivity index (χ4v) is 1.48. The van der Waals surface area contributed by atoms with Crippen LogP contribution in [0.5, 0.6) is 0 Å². The van der Waals surface area contributed by atoms with Crippen molar-refractivity contribution in [1.29, 1.82) is 0 Å². The molecular formula is C9H16O3. The molecule has 0 spiro atoms. The van der Waals surface area contributed by atoms with Crippen molar-refractivity contribution in [1.82, 2.24) is 0 Å². The van der Waals surface area contributed by atoms with E-state index >= 15 is 0 Å². The second-order valence-corrected chi connectivity index (χ2v) is 3.37. The van der Waals surface area contributed by atoms with E-state index in [-0.39, 0.29) is 5.97 Å². The number of ether oxygens (including phenoxy) is 2. The summed E-state index contributed by atoms with van der Waals surface area (Å²) in [5.41, 5.74) is 0. The molecule has 1 aliphatic heterocycles. The van der Waals surface area contributed by atoms with Crippen molar-refractivity contribution in [3.63, 3.8) is 0 Å². The average molecular weight is 172 g/mol. The van der Waals surface area contributed by atoms with Crippen LogP contribution in [0.3, 0.4) is 0 Å². The summed E-state index contributed by atoms with van der Waals surface area (Å²) in [7, 11) is 0. The lowest BCUT2D eigenvalue weighted by Crippen LogP contribution is -2.26. The van der Waals surface area contributed by atoms with Gasteiger partial charge in [0, 0.05) is 13.5 Å². The highest BCUT2D eigenvalue weighted by Gasteiger charge is 2.19. The standard InChI is InChI=1S/C9H16O3/c1-7-5-9(3-4-11-7)6-12-8(2)10/h7,9H,3-6H2,1-2H3. The number of hydrogen-bond donors (Lipinski definition) is 0. The largest absolute Gasteiger partial charge is 0.466 e. The fraction of sp³-hybridized carbons (Fsp3) is 0.889. The number of carbonyl (C=O) groups is 1. The lowest BCUT2D eigenvalue weighted by molar-refractivity contribution is -0.143. The first-order valence-corrected chi connectivity index (χ1v) is 4.43. The van der Waals surface area contributed by atoms with Gasteiger partial charge >= 0.3 is 5.97 Å². The summed E-state index contributed by atoms with van der Waals surface area (Å²) < 4.78 is 10.3. The monoisotopic (exact) mass is 172 g/mol. The molecule has 3 nitrogen and oxygen atoms in total. The van der Waals surface area contributed by atoms with E-state index in [0.717, 1.165) is 19.4 Å². The molecule has 0 aliphatic carbocycles. The Hall–Kier alpha value is -0.570. The lowest BCUT2D eigenvalue weighted by Gasteiger charge is -2.26. The Bertz CT molecular complexity index is 156. The molecule has 12 heavy (non-hydrogen) atoms. The molecule has 0 aromatic rings. The van der Waals surface area contributed by atoms with Crippen molar-refractivity contribution in [2.24, 2.45) is 5.92 Å². The van der Waals surface area contributed by atoms with Crippen LogP contribution in [0.15, 0.2) is 0 Å². The van der Waals surface area contributed by atoms with E-state index in [1.165, 1.54) is 6.92 Å². The van der Waals surface area contributed by atoms with Crippen LogP contribution in [-0.2, 0) is 14.3 Å². The van der Waals surface area contributed by atoms with E-state index in [9.17, 15) is 4.79 Å². The molecule has 2 unspecified atom stereocenters. The highest BCUT2D eigenvalue weighted by atomic mass is 16.5. The molecule has 0 saturated carbocycles. The quantitative estimate of drug-likeness (QED) is 0.590. The van der Waals surface area contributed by atoms with Gasteiger partial charge in [0.1, 0.15) is 0 Å². The van der Waals surface area contributed by atoms with Gasteiger partial charge in [0.25, 0.3) is 0 Å². The van der Waals surface area contributed by atoms with Gasteiger partial charge in [-0.2, -0.15) is 0 Å². The van der Waals surface area contributed by atoms with Gasteiger partial charge in [0.05, 0.1) is 12.7 Å². The van der Waals surface area contributed by atoms with Crippen molar-refractivity contribution in [3.05, 3.63) is 0 Å². The minimum Gasteiger partial charge on any atom is -0.466 e. The van der Waals surface area contributed by atoms with E-state index in [0.29, 0.717) is 18.6 Å². The maximum Gasteiger partial charge on any atom is 0.302 e. The highest BCUT2D eigenvalue weighted by molar-refractivity contribution is 5.65. The van der Waals surface area contributed by atoms with Gasteiger partial charge in [-0.1, -0.05) is 0 Å². The van der Waals surface area contributed by atoms with Gasteiger partial charge in [-0.15, -0.1) is 0 Å². The summed E-state index contributed by atoms with van der Waals surface area (Å²) in [5, 5.41) is 0. The van der Waals surface area contributed by atoms with Crippen LogP contribution in [0, 0.1) is 5.92 Å². The Morgan fingerprint density at radius 2 is 2.42 bits per heavy atom. The molecule has 1 saturated heterocycles. The first-order chi connectivity index (χ1) is 5.68. The highest BCUT2D eigenvalue weighted by Crippen LogP contribution is 2.19. The molecule has 2 atom stereocenters. The smallest absolute Gasteiger partial charge is 0.302 e. The van der Waals surface area contributed by atoms with Crippen molar-refractivity contribution >= 4 is 5.97 Å². The normalized spacial score (nSPS) is 29.8. The van der Waals surface area contributed by atoms with E-state index in [2.05, 4.69) is 6.92 Å². The number of rotatable bonds is 2. The Kier molecular flexibility index (Phi) is 3.53. The van der Waals surface area contributed by atoms with Crippen molar-refractivity contribution in [3.8, 4) is 0 Å². The van der Waals surface area contributed by atoms with Gasteiger partial charge in [-0.3, -0.25) is 4.79 Å². The summed E-state index contributed by atoms with van der Waals surface area (Å²) in [6.45, 7) is 4.86.